The summed E-state index contributed by atoms with van der Waals surface area (Å²) in [5.74, 6) is 0.117. The molecule has 0 aliphatic rings. The molecule has 3 nitrogen and oxygen atoms in total. The molecule has 0 spiro atoms. The Labute approximate surface area is 132 Å². The van der Waals surface area contributed by atoms with Gasteiger partial charge in [0.1, 0.15) is 5.75 Å². The lowest BCUT2D eigenvalue weighted by molar-refractivity contribution is -0.137. The number of alkyl halides is 3. The van der Waals surface area contributed by atoms with Gasteiger partial charge in [-0.25, -0.2) is 0 Å². The molecule has 23 heavy (non-hydrogen) atoms. The van der Waals surface area contributed by atoms with Crippen molar-refractivity contribution in [2.24, 2.45) is 0 Å². The third-order valence-electron chi connectivity index (χ3n) is 3.15. The van der Waals surface area contributed by atoms with Gasteiger partial charge < -0.3 is 10.1 Å². The van der Waals surface area contributed by atoms with Crippen LogP contribution in [0.3, 0.4) is 0 Å². The average Bonchev–Trinajstić information content (AvgIpc) is 2.46. The number of aryl methyl sites for hydroxylation is 1. The van der Waals surface area contributed by atoms with Crippen LogP contribution < -0.4 is 10.1 Å². The van der Waals surface area contributed by atoms with E-state index in [4.69, 9.17) is 4.74 Å². The molecule has 0 aliphatic heterocycles. The largest absolute Gasteiger partial charge is 0.481 e. The van der Waals surface area contributed by atoms with Gasteiger partial charge in [0, 0.05) is 5.69 Å². The van der Waals surface area contributed by atoms with E-state index in [1.54, 1.807) is 19.1 Å². The number of halogens is 3. The fourth-order valence-electron chi connectivity index (χ4n) is 1.93. The van der Waals surface area contributed by atoms with Crippen LogP contribution in [0.25, 0.3) is 0 Å². The Bertz CT molecular complexity index is 681. The van der Waals surface area contributed by atoms with E-state index in [0.717, 1.165) is 17.7 Å². The second kappa shape index (κ2) is 6.73. The average molecular weight is 323 g/mol. The van der Waals surface area contributed by atoms with Crippen LogP contribution in [0.2, 0.25) is 0 Å². The van der Waals surface area contributed by atoms with E-state index < -0.39 is 23.8 Å². The smallest absolute Gasteiger partial charge is 0.416 e. The van der Waals surface area contributed by atoms with Crippen molar-refractivity contribution >= 4 is 11.6 Å². The van der Waals surface area contributed by atoms with Gasteiger partial charge in [-0.1, -0.05) is 12.1 Å². The van der Waals surface area contributed by atoms with Crippen molar-refractivity contribution in [3.05, 3.63) is 59.7 Å². The molecule has 1 atom stereocenters. The highest BCUT2D eigenvalue weighted by Gasteiger charge is 2.30. The molecule has 0 bridgehead atoms. The van der Waals surface area contributed by atoms with Crippen molar-refractivity contribution in [3.8, 4) is 5.75 Å². The number of nitrogens with one attached hydrogen (secondary N) is 1. The molecular formula is C17H16F3NO2. The topological polar surface area (TPSA) is 38.3 Å². The second-order valence-corrected chi connectivity index (χ2v) is 5.14. The van der Waals surface area contributed by atoms with E-state index in [1.165, 1.54) is 12.1 Å². The number of amides is 1. The molecule has 1 N–H and O–H groups in total. The van der Waals surface area contributed by atoms with E-state index in [0.29, 0.717) is 5.75 Å². The molecule has 2 rings (SSSR count). The third-order valence-corrected chi connectivity index (χ3v) is 3.15. The van der Waals surface area contributed by atoms with Crippen LogP contribution in [0.4, 0.5) is 18.9 Å². The Kier molecular flexibility index (Phi) is 4.93. The summed E-state index contributed by atoms with van der Waals surface area (Å²) in [6.45, 7) is 3.47. The molecular weight excluding hydrogens is 307 g/mol. The van der Waals surface area contributed by atoms with Crippen LogP contribution in [0.1, 0.15) is 18.1 Å². The van der Waals surface area contributed by atoms with Crippen LogP contribution in [0.5, 0.6) is 5.75 Å². The minimum atomic E-state index is -4.40. The van der Waals surface area contributed by atoms with E-state index >= 15 is 0 Å². The standard InChI is InChI=1S/C17H16F3NO2/c1-11-4-3-5-15(10-11)23-12(2)16(22)21-14-8-6-13(7-9-14)17(18,19)20/h3-10,12H,1-2H3,(H,21,22). The quantitative estimate of drug-likeness (QED) is 0.904. The Hall–Kier alpha value is -2.50. The summed E-state index contributed by atoms with van der Waals surface area (Å²) in [6, 6.07) is 11.5. The molecule has 2 aromatic rings. The van der Waals surface area contributed by atoms with Gasteiger partial charge in [-0.2, -0.15) is 13.2 Å². The summed E-state index contributed by atoms with van der Waals surface area (Å²) in [4.78, 5) is 12.0. The Morgan fingerprint density at radius 1 is 1.13 bits per heavy atom. The number of benzene rings is 2. The molecule has 1 amide bonds. The summed E-state index contributed by atoms with van der Waals surface area (Å²) >= 11 is 0. The van der Waals surface area contributed by atoms with Crippen molar-refractivity contribution in [1.29, 1.82) is 0 Å². The molecule has 6 heteroatoms. The summed E-state index contributed by atoms with van der Waals surface area (Å²) in [6.07, 6.45) is -5.18. The monoisotopic (exact) mass is 323 g/mol. The maximum atomic E-state index is 12.5. The van der Waals surface area contributed by atoms with Gasteiger partial charge in [0.25, 0.3) is 5.91 Å². The molecule has 0 saturated heterocycles. The first-order chi connectivity index (χ1) is 10.8. The first-order valence-corrected chi connectivity index (χ1v) is 6.97. The molecule has 0 fully saturated rings. The van der Waals surface area contributed by atoms with E-state index in [-0.39, 0.29) is 5.69 Å². The predicted octanol–water partition coefficient (Wildman–Crippen LogP) is 4.42. The zero-order valence-electron chi connectivity index (χ0n) is 12.6. The third kappa shape index (κ3) is 4.74. The predicted molar refractivity (Wildman–Crippen MR) is 81.3 cm³/mol. The van der Waals surface area contributed by atoms with Gasteiger partial charge in [-0.15, -0.1) is 0 Å². The van der Waals surface area contributed by atoms with E-state index in [9.17, 15) is 18.0 Å². The summed E-state index contributed by atoms with van der Waals surface area (Å²) in [7, 11) is 0. The number of hydrogen-bond donors (Lipinski definition) is 1. The zero-order valence-corrected chi connectivity index (χ0v) is 12.6. The van der Waals surface area contributed by atoms with Crippen LogP contribution in [-0.2, 0) is 11.0 Å². The fraction of sp³-hybridized carbons (Fsp3) is 0.235. The fourth-order valence-corrected chi connectivity index (χ4v) is 1.93. The molecule has 0 radical (unpaired) electrons. The molecule has 0 aliphatic carbocycles. The molecule has 1 unspecified atom stereocenters. The van der Waals surface area contributed by atoms with Crippen molar-refractivity contribution in [1.82, 2.24) is 0 Å². The van der Waals surface area contributed by atoms with E-state index in [1.807, 2.05) is 19.1 Å². The van der Waals surface area contributed by atoms with Gasteiger partial charge in [0.2, 0.25) is 0 Å². The van der Waals surface area contributed by atoms with Crippen molar-refractivity contribution in [3.63, 3.8) is 0 Å². The van der Waals surface area contributed by atoms with E-state index in [2.05, 4.69) is 5.32 Å². The summed E-state index contributed by atoms with van der Waals surface area (Å²) in [5, 5.41) is 2.52. The molecule has 0 aromatic heterocycles. The minimum absolute atomic E-state index is 0.280. The van der Waals surface area contributed by atoms with Crippen LogP contribution >= 0.6 is 0 Å². The Morgan fingerprint density at radius 2 is 1.78 bits per heavy atom. The van der Waals surface area contributed by atoms with Gasteiger partial charge in [-0.05, 0) is 55.8 Å². The maximum Gasteiger partial charge on any atom is 0.416 e. The number of carbonyl (C=O) groups excluding carboxylic acids is 1. The first-order valence-electron chi connectivity index (χ1n) is 6.97. The Balaban J connectivity index is 1.98. The second-order valence-electron chi connectivity index (χ2n) is 5.14. The van der Waals surface area contributed by atoms with Crippen molar-refractivity contribution < 1.29 is 22.7 Å². The number of hydrogen-bond acceptors (Lipinski definition) is 2. The summed E-state index contributed by atoms with van der Waals surface area (Å²) < 4.78 is 42.9. The van der Waals surface area contributed by atoms with Gasteiger partial charge >= 0.3 is 6.18 Å². The molecule has 0 saturated carbocycles. The van der Waals surface area contributed by atoms with Crippen molar-refractivity contribution in [2.45, 2.75) is 26.1 Å². The lowest BCUT2D eigenvalue weighted by atomic mass is 10.2. The number of ether oxygens (including phenoxy) is 1. The molecule has 2 aromatic carbocycles. The minimum Gasteiger partial charge on any atom is -0.481 e. The molecule has 122 valence electrons. The van der Waals surface area contributed by atoms with Gasteiger partial charge in [0.15, 0.2) is 6.10 Å². The first kappa shape index (κ1) is 16.9. The van der Waals surface area contributed by atoms with Gasteiger partial charge in [-0.3, -0.25) is 4.79 Å². The SMILES string of the molecule is Cc1cccc(OC(C)C(=O)Nc2ccc(C(F)(F)F)cc2)c1. The van der Waals surface area contributed by atoms with Gasteiger partial charge in [0.05, 0.1) is 5.56 Å². The summed E-state index contributed by atoms with van der Waals surface area (Å²) in [5.41, 5.74) is 0.514. The number of carbonyl (C=O) groups is 1. The Morgan fingerprint density at radius 3 is 2.35 bits per heavy atom. The van der Waals surface area contributed by atoms with Crippen LogP contribution in [0.15, 0.2) is 48.5 Å². The van der Waals surface area contributed by atoms with Crippen LogP contribution in [0, 0.1) is 6.92 Å². The highest BCUT2D eigenvalue weighted by molar-refractivity contribution is 5.94. The van der Waals surface area contributed by atoms with Crippen molar-refractivity contribution in [2.75, 3.05) is 5.32 Å². The van der Waals surface area contributed by atoms with Crippen LogP contribution in [-0.4, -0.2) is 12.0 Å². The molecule has 0 heterocycles. The number of rotatable bonds is 4. The highest BCUT2D eigenvalue weighted by Crippen LogP contribution is 2.29. The lowest BCUT2D eigenvalue weighted by Crippen LogP contribution is -2.30. The lowest BCUT2D eigenvalue weighted by Gasteiger charge is -2.15. The normalized spacial score (nSPS) is 12.6. The highest BCUT2D eigenvalue weighted by atomic mass is 19.4. The zero-order chi connectivity index (χ0) is 17.0. The number of anilines is 1. The maximum absolute atomic E-state index is 12.5.